The summed E-state index contributed by atoms with van der Waals surface area (Å²) in [6, 6.07) is 14.1. The van der Waals surface area contributed by atoms with Gasteiger partial charge in [-0.15, -0.1) is 0 Å². The standard InChI is InChI=1S/C31H41N3O5/c1-21-18-34(30(36)24-13-9-6-10-14-24)22(2)20-39-27-17-25(32-29(35)23-11-7-5-8-12-23)15-16-26(27)31(37)33(3)19-28(21)38-4/h6,9-10,13-17,21-23,28H,5,7-8,11-12,18-20H2,1-4H3,(H,32,35)/t21-,22-,28+/m1/s1. The molecule has 2 aromatic rings. The van der Waals surface area contributed by atoms with Crippen LogP contribution in [0.25, 0.3) is 0 Å². The molecule has 3 amide bonds. The fourth-order valence-corrected chi connectivity index (χ4v) is 5.49. The van der Waals surface area contributed by atoms with Gasteiger partial charge >= 0.3 is 0 Å². The Kier molecular flexibility index (Phi) is 9.62. The molecule has 2 aromatic carbocycles. The number of nitrogens with one attached hydrogen (secondary N) is 1. The Balaban J connectivity index is 1.63. The molecule has 4 rings (SSSR count). The molecule has 1 aliphatic heterocycles. The normalized spacial score (nSPS) is 23.2. The van der Waals surface area contributed by atoms with E-state index in [9.17, 15) is 14.4 Å². The van der Waals surface area contributed by atoms with Crippen molar-refractivity contribution in [1.29, 1.82) is 0 Å². The second-order valence-electron chi connectivity index (χ2n) is 11.0. The molecule has 0 bridgehead atoms. The SMILES string of the molecule is CO[C@H]1CN(C)C(=O)c2ccc(NC(=O)C3CCCCC3)cc2OC[C@@H](C)N(C(=O)c2ccccc2)C[C@H]1C. The first-order chi connectivity index (χ1) is 18.8. The Morgan fingerprint density at radius 2 is 1.72 bits per heavy atom. The first-order valence-corrected chi connectivity index (χ1v) is 14.0. The van der Waals surface area contributed by atoms with Crippen LogP contribution in [0.4, 0.5) is 5.69 Å². The van der Waals surface area contributed by atoms with Crippen LogP contribution in [0.5, 0.6) is 5.75 Å². The van der Waals surface area contributed by atoms with E-state index in [2.05, 4.69) is 5.32 Å². The molecule has 210 valence electrons. The Morgan fingerprint density at radius 3 is 2.41 bits per heavy atom. The lowest BCUT2D eigenvalue weighted by Crippen LogP contribution is -2.48. The molecule has 39 heavy (non-hydrogen) atoms. The zero-order valence-corrected chi connectivity index (χ0v) is 23.5. The summed E-state index contributed by atoms with van der Waals surface area (Å²) < 4.78 is 12.0. The van der Waals surface area contributed by atoms with Gasteiger partial charge < -0.3 is 24.6 Å². The molecule has 0 radical (unpaired) electrons. The van der Waals surface area contributed by atoms with Gasteiger partial charge in [0.25, 0.3) is 11.8 Å². The number of carbonyl (C=O) groups is 3. The van der Waals surface area contributed by atoms with E-state index in [0.29, 0.717) is 35.7 Å². The fraction of sp³-hybridized carbons (Fsp3) is 0.516. The van der Waals surface area contributed by atoms with Crippen LogP contribution in [0.15, 0.2) is 48.5 Å². The number of fused-ring (bicyclic) bond motifs is 1. The van der Waals surface area contributed by atoms with Crippen molar-refractivity contribution >= 4 is 23.4 Å². The molecule has 8 nitrogen and oxygen atoms in total. The molecule has 1 saturated carbocycles. The summed E-state index contributed by atoms with van der Waals surface area (Å²) in [5.41, 5.74) is 1.61. The van der Waals surface area contributed by atoms with E-state index in [4.69, 9.17) is 9.47 Å². The van der Waals surface area contributed by atoms with E-state index < -0.39 is 0 Å². The highest BCUT2D eigenvalue weighted by Gasteiger charge is 2.31. The van der Waals surface area contributed by atoms with Crippen LogP contribution in [-0.2, 0) is 9.53 Å². The first kappa shape index (κ1) is 28.6. The van der Waals surface area contributed by atoms with Crippen molar-refractivity contribution < 1.29 is 23.9 Å². The van der Waals surface area contributed by atoms with E-state index >= 15 is 0 Å². The van der Waals surface area contributed by atoms with Gasteiger partial charge in [0.1, 0.15) is 12.4 Å². The van der Waals surface area contributed by atoms with Crippen molar-refractivity contribution in [3.8, 4) is 5.75 Å². The van der Waals surface area contributed by atoms with E-state index in [1.54, 1.807) is 37.3 Å². The summed E-state index contributed by atoms with van der Waals surface area (Å²) in [5, 5.41) is 3.03. The molecule has 2 aliphatic rings. The number of amides is 3. The Hall–Kier alpha value is -3.39. The maximum atomic E-state index is 13.6. The smallest absolute Gasteiger partial charge is 0.257 e. The number of carbonyl (C=O) groups excluding carboxylic acids is 3. The monoisotopic (exact) mass is 535 g/mol. The molecular weight excluding hydrogens is 494 g/mol. The topological polar surface area (TPSA) is 88.2 Å². The minimum absolute atomic E-state index is 0.0103. The fourth-order valence-electron chi connectivity index (χ4n) is 5.49. The van der Waals surface area contributed by atoms with Crippen LogP contribution in [0.2, 0.25) is 0 Å². The van der Waals surface area contributed by atoms with Crippen LogP contribution in [0, 0.1) is 11.8 Å². The predicted molar refractivity (Wildman–Crippen MR) is 151 cm³/mol. The van der Waals surface area contributed by atoms with Crippen molar-refractivity contribution in [3.63, 3.8) is 0 Å². The van der Waals surface area contributed by atoms with Crippen molar-refractivity contribution in [2.75, 3.05) is 39.2 Å². The highest BCUT2D eigenvalue weighted by Crippen LogP contribution is 2.29. The largest absolute Gasteiger partial charge is 0.491 e. The average molecular weight is 536 g/mol. The molecule has 0 spiro atoms. The molecule has 8 heteroatoms. The van der Waals surface area contributed by atoms with Crippen molar-refractivity contribution in [2.45, 2.75) is 58.1 Å². The highest BCUT2D eigenvalue weighted by molar-refractivity contribution is 5.99. The molecule has 1 N–H and O–H groups in total. The maximum absolute atomic E-state index is 13.6. The molecule has 1 aliphatic carbocycles. The van der Waals surface area contributed by atoms with Crippen molar-refractivity contribution in [3.05, 3.63) is 59.7 Å². The van der Waals surface area contributed by atoms with Gasteiger partial charge in [-0.05, 0) is 44.0 Å². The lowest BCUT2D eigenvalue weighted by atomic mass is 9.88. The lowest BCUT2D eigenvalue weighted by Gasteiger charge is -2.36. The quantitative estimate of drug-likeness (QED) is 0.605. The highest BCUT2D eigenvalue weighted by atomic mass is 16.5. The Labute approximate surface area is 231 Å². The van der Waals surface area contributed by atoms with Crippen LogP contribution in [0.1, 0.15) is 66.7 Å². The predicted octanol–water partition coefficient (Wildman–Crippen LogP) is 4.85. The Morgan fingerprint density at radius 1 is 1.00 bits per heavy atom. The summed E-state index contributed by atoms with van der Waals surface area (Å²) >= 11 is 0. The number of anilines is 1. The second kappa shape index (κ2) is 13.1. The van der Waals surface area contributed by atoms with Gasteiger partial charge in [-0.1, -0.05) is 44.4 Å². The van der Waals surface area contributed by atoms with Crippen LogP contribution in [-0.4, -0.2) is 73.5 Å². The number of rotatable bonds is 4. The zero-order valence-electron chi connectivity index (χ0n) is 23.5. The third-order valence-corrected chi connectivity index (χ3v) is 7.97. The third-order valence-electron chi connectivity index (χ3n) is 7.97. The van der Waals surface area contributed by atoms with E-state index in [1.165, 1.54) is 6.42 Å². The van der Waals surface area contributed by atoms with E-state index in [0.717, 1.165) is 25.7 Å². The molecule has 0 saturated heterocycles. The molecule has 1 fully saturated rings. The van der Waals surface area contributed by atoms with Crippen molar-refractivity contribution in [2.24, 2.45) is 11.8 Å². The summed E-state index contributed by atoms with van der Waals surface area (Å²) in [6.45, 7) is 4.98. The third kappa shape index (κ3) is 6.98. The number of ether oxygens (including phenoxy) is 2. The molecule has 1 heterocycles. The number of nitrogens with zero attached hydrogens (tertiary/aromatic N) is 2. The number of hydrogen-bond donors (Lipinski definition) is 1. The molecule has 0 aromatic heterocycles. The summed E-state index contributed by atoms with van der Waals surface area (Å²) in [5.74, 6) is 0.111. The summed E-state index contributed by atoms with van der Waals surface area (Å²) in [6.07, 6.45) is 4.86. The van der Waals surface area contributed by atoms with E-state index in [1.807, 2.05) is 49.1 Å². The zero-order chi connectivity index (χ0) is 27.9. The second-order valence-corrected chi connectivity index (χ2v) is 11.0. The van der Waals surface area contributed by atoms with Gasteiger partial charge in [-0.25, -0.2) is 0 Å². The molecular formula is C31H41N3O5. The lowest BCUT2D eigenvalue weighted by molar-refractivity contribution is -0.120. The average Bonchev–Trinajstić information content (AvgIpc) is 2.97. The van der Waals surface area contributed by atoms with Crippen LogP contribution < -0.4 is 10.1 Å². The number of likely N-dealkylation sites (N-methyl/N-ethyl adjacent to an activating group) is 1. The van der Waals surface area contributed by atoms with Crippen LogP contribution >= 0.6 is 0 Å². The van der Waals surface area contributed by atoms with Gasteiger partial charge in [0.05, 0.1) is 17.7 Å². The van der Waals surface area contributed by atoms with E-state index in [-0.39, 0.29) is 48.3 Å². The summed E-state index contributed by atoms with van der Waals surface area (Å²) in [4.78, 5) is 43.4. The molecule has 0 unspecified atom stereocenters. The van der Waals surface area contributed by atoms with Crippen LogP contribution in [0.3, 0.4) is 0 Å². The van der Waals surface area contributed by atoms with Crippen molar-refractivity contribution in [1.82, 2.24) is 9.80 Å². The maximum Gasteiger partial charge on any atom is 0.257 e. The minimum Gasteiger partial charge on any atom is -0.491 e. The van der Waals surface area contributed by atoms with Gasteiger partial charge in [-0.3, -0.25) is 14.4 Å². The van der Waals surface area contributed by atoms with Gasteiger partial charge in [-0.2, -0.15) is 0 Å². The molecule has 3 atom stereocenters. The number of benzene rings is 2. The number of methoxy groups -OCH3 is 1. The van der Waals surface area contributed by atoms with Gasteiger partial charge in [0.15, 0.2) is 0 Å². The number of hydrogen-bond acceptors (Lipinski definition) is 5. The first-order valence-electron chi connectivity index (χ1n) is 14.0. The summed E-state index contributed by atoms with van der Waals surface area (Å²) in [7, 11) is 3.38. The Bertz CT molecular complexity index is 1150. The van der Waals surface area contributed by atoms with Gasteiger partial charge in [0, 0.05) is 56.4 Å². The van der Waals surface area contributed by atoms with Gasteiger partial charge in [0.2, 0.25) is 5.91 Å². The minimum atomic E-state index is -0.279.